The highest BCUT2D eigenvalue weighted by Gasteiger charge is 2.48. The molecule has 2 saturated heterocycles. The number of carbonyl (C=O) groups is 1. The zero-order valence-electron chi connectivity index (χ0n) is 32.6. The molecule has 0 bridgehead atoms. The number of carbonyl (C=O) groups excluding carboxylic acids is 1. The molecule has 1 amide bonds. The van der Waals surface area contributed by atoms with Crippen LogP contribution < -0.4 is 41.5 Å². The molecule has 4 aromatic rings. The fourth-order valence-corrected chi connectivity index (χ4v) is 7.93. The van der Waals surface area contributed by atoms with E-state index in [9.17, 15) is 33.6 Å². The molecule has 0 aliphatic carbocycles. The Morgan fingerprint density at radius 3 is 2.42 bits per heavy atom. The first-order valence-corrected chi connectivity index (χ1v) is 21.0. The predicted octanol–water partition coefficient (Wildman–Crippen LogP) is -1.92. The van der Waals surface area contributed by atoms with Crippen LogP contribution >= 0.6 is 15.6 Å². The lowest BCUT2D eigenvalue weighted by atomic mass is 10.0. The summed E-state index contributed by atoms with van der Waals surface area (Å²) in [7, 11) is -2.67. The van der Waals surface area contributed by atoms with Gasteiger partial charge in [0.1, 0.15) is 42.4 Å². The van der Waals surface area contributed by atoms with E-state index in [1.165, 1.54) is 36.6 Å². The van der Waals surface area contributed by atoms with Crippen LogP contribution in [0.4, 0.5) is 11.6 Å². The van der Waals surface area contributed by atoms with Gasteiger partial charge in [-0.15, -0.1) is 0 Å². The number of aromatic nitrogens is 6. The normalized spacial score (nSPS) is 25.6. The van der Waals surface area contributed by atoms with Crippen molar-refractivity contribution in [2.24, 2.45) is 0 Å². The minimum atomic E-state index is -5.35. The minimum absolute atomic E-state index is 0.216. The molecule has 5 unspecified atom stereocenters. The van der Waals surface area contributed by atoms with Gasteiger partial charge in [-0.1, -0.05) is 12.1 Å². The largest absolute Gasteiger partial charge is 0.756 e. The van der Waals surface area contributed by atoms with Crippen molar-refractivity contribution in [3.05, 3.63) is 65.2 Å². The average Bonchev–Trinajstić information content (AvgIpc) is 3.91. The van der Waals surface area contributed by atoms with Gasteiger partial charge in [0.15, 0.2) is 29.3 Å². The zero-order chi connectivity index (χ0) is 42.6. The maximum Gasteiger partial charge on any atom is 0.351 e. The van der Waals surface area contributed by atoms with Crippen LogP contribution in [0.25, 0.3) is 11.2 Å². The maximum atomic E-state index is 13.6. The van der Waals surface area contributed by atoms with Crippen molar-refractivity contribution in [3.8, 4) is 5.75 Å². The minimum Gasteiger partial charge on any atom is -0.756 e. The molecule has 2 fully saturated rings. The number of ether oxygens (including phenoxy) is 3. The Morgan fingerprint density at radius 2 is 1.76 bits per heavy atom. The molecule has 322 valence electrons. The van der Waals surface area contributed by atoms with Gasteiger partial charge in [-0.2, -0.15) is 4.98 Å². The average molecular weight is 868 g/mol. The number of rotatable bonds is 18. The van der Waals surface area contributed by atoms with E-state index in [0.717, 1.165) is 17.2 Å². The number of methoxy groups -OCH3 is 1. The van der Waals surface area contributed by atoms with Crippen LogP contribution in [-0.4, -0.2) is 125 Å². The fraction of sp³-hybridized carbons (Fsp3) is 0.515. The quantitative estimate of drug-likeness (QED) is 0.0793. The van der Waals surface area contributed by atoms with Crippen LogP contribution in [0.1, 0.15) is 24.4 Å². The lowest BCUT2D eigenvalue weighted by Crippen LogP contribution is -2.70. The Hall–Kier alpha value is -4.42. The Bertz CT molecular complexity index is 2250. The maximum absolute atomic E-state index is 13.6. The molecule has 2 aliphatic rings. The highest BCUT2D eigenvalue weighted by Crippen LogP contribution is 2.47. The topological polar surface area (TPSA) is 316 Å². The molecule has 24 nitrogen and oxygen atoms in total. The molecule has 26 heteroatoms. The summed E-state index contributed by atoms with van der Waals surface area (Å²) < 4.78 is 65.0. The van der Waals surface area contributed by atoms with Crippen molar-refractivity contribution in [1.82, 2.24) is 34.4 Å². The summed E-state index contributed by atoms with van der Waals surface area (Å²) in [5.41, 5.74) is 4.68. The van der Waals surface area contributed by atoms with E-state index in [1.54, 1.807) is 50.3 Å². The van der Waals surface area contributed by atoms with Gasteiger partial charge in [0.25, 0.3) is 21.6 Å². The number of amides is 1. The molecule has 0 radical (unpaired) electrons. The van der Waals surface area contributed by atoms with Crippen LogP contribution in [0, 0.1) is 0 Å². The Morgan fingerprint density at radius 1 is 1.05 bits per heavy atom. The number of quaternary nitrogens is 1. The third-order valence-electron chi connectivity index (χ3n) is 9.59. The van der Waals surface area contributed by atoms with Gasteiger partial charge in [-0.05, 0) is 23.8 Å². The molecule has 10 atom stereocenters. The number of nitrogens with one attached hydrogen (secondary N) is 2. The SMILES string of the molecule is CNc1ccn([C@H]2CC(OP(=O)([O-])OC[C@H]3O[C@@H](n4cnc5c(N(C)C)ncnc54)[C@@H](O)C3NC(=O)C([NH3+])Cc3ccc(OC)cc3)[C@@H](COP(=O)([O-])OC)O2)c(=O)n1. The monoisotopic (exact) mass is 867 g/mol. The van der Waals surface area contributed by atoms with Crippen molar-refractivity contribution in [2.75, 3.05) is 58.8 Å². The van der Waals surface area contributed by atoms with E-state index in [4.69, 9.17) is 27.8 Å². The van der Waals surface area contributed by atoms with E-state index in [1.807, 2.05) is 0 Å². The summed E-state index contributed by atoms with van der Waals surface area (Å²) in [5, 5.41) is 17.2. The number of hydrogen-bond donors (Lipinski definition) is 4. The lowest BCUT2D eigenvalue weighted by molar-refractivity contribution is -0.403. The van der Waals surface area contributed by atoms with Crippen molar-refractivity contribution in [3.63, 3.8) is 0 Å². The highest BCUT2D eigenvalue weighted by atomic mass is 31.2. The van der Waals surface area contributed by atoms with Crippen molar-refractivity contribution in [2.45, 2.75) is 61.8 Å². The van der Waals surface area contributed by atoms with Gasteiger partial charge < -0.3 is 68.5 Å². The lowest BCUT2D eigenvalue weighted by Gasteiger charge is -2.30. The summed E-state index contributed by atoms with van der Waals surface area (Å²) >= 11 is 0. The molecule has 6 N–H and O–H groups in total. The Labute approximate surface area is 336 Å². The number of phosphoric ester groups is 2. The molecule has 3 aromatic heterocycles. The van der Waals surface area contributed by atoms with E-state index in [-0.39, 0.29) is 24.3 Å². The van der Waals surface area contributed by atoms with Crippen molar-refractivity contribution < 1.29 is 66.9 Å². The molecule has 5 heterocycles. The van der Waals surface area contributed by atoms with E-state index in [0.29, 0.717) is 17.1 Å². The number of nitrogens with zero attached hydrogens (tertiary/aromatic N) is 7. The van der Waals surface area contributed by atoms with E-state index < -0.39 is 89.4 Å². The second-order valence-electron chi connectivity index (χ2n) is 13.7. The number of imidazole rings is 1. The Kier molecular flexibility index (Phi) is 13.8. The number of phosphoric acid groups is 2. The van der Waals surface area contributed by atoms with Crippen LogP contribution in [0.2, 0.25) is 0 Å². The van der Waals surface area contributed by atoms with Crippen molar-refractivity contribution in [1.29, 1.82) is 0 Å². The number of anilines is 2. The number of aliphatic hydroxyl groups excluding tert-OH is 1. The number of aliphatic hydroxyl groups is 1. The van der Waals surface area contributed by atoms with E-state index in [2.05, 4.69) is 40.8 Å². The van der Waals surface area contributed by atoms with Crippen LogP contribution in [0.5, 0.6) is 5.75 Å². The third kappa shape index (κ3) is 10.3. The second-order valence-corrected chi connectivity index (χ2v) is 16.6. The predicted molar refractivity (Wildman–Crippen MR) is 200 cm³/mol. The highest BCUT2D eigenvalue weighted by molar-refractivity contribution is 7.46. The number of fused-ring (bicyclic) bond motifs is 1. The molecule has 1 aromatic carbocycles. The van der Waals surface area contributed by atoms with Gasteiger partial charge >= 0.3 is 5.69 Å². The van der Waals surface area contributed by atoms with Crippen LogP contribution in [-0.2, 0) is 47.9 Å². The molecule has 2 aliphatic heterocycles. The van der Waals surface area contributed by atoms with Gasteiger partial charge in [0.2, 0.25) is 0 Å². The first-order valence-electron chi connectivity index (χ1n) is 18.1. The van der Waals surface area contributed by atoms with Gasteiger partial charge in [0.05, 0.1) is 38.8 Å². The fourth-order valence-electron chi connectivity index (χ4n) is 6.55. The van der Waals surface area contributed by atoms with Crippen LogP contribution in [0.15, 0.2) is 54.0 Å². The number of benzene rings is 1. The summed E-state index contributed by atoms with van der Waals surface area (Å²) in [6.45, 7) is -1.53. The first kappa shape index (κ1) is 44.1. The first-order chi connectivity index (χ1) is 28.0. The third-order valence-corrected chi connectivity index (χ3v) is 11.5. The van der Waals surface area contributed by atoms with E-state index >= 15 is 0 Å². The number of hydrogen-bond acceptors (Lipinski definition) is 20. The molecule has 6 rings (SSSR count). The smallest absolute Gasteiger partial charge is 0.351 e. The standard InChI is InChI=1S/C33H46N10O14P2/c1-35-24-10-11-42(33(46)39-24)25-13-21(22(55-25)14-53-58(47,48)52-5)57-59(49,50)54-15-23-26(40-31(45)20(34)12-18-6-8-19(51-4)9-7-18)28(44)32(56-23)43-17-38-27-29(41(2)3)36-16-37-30(27)43/h6-11,16-17,20-23,25-26,28,32,44H,12-15,34H2,1-5H3,(H,40,45)(H,47,48)(H,49,50)(H,35,39,46)/p-1/t20?,21?,22-,23-,25-,26?,28+,32-/m1/s1. The molecular formula is C33H45N10O14P2-. The summed E-state index contributed by atoms with van der Waals surface area (Å²) in [4.78, 5) is 70.3. The second kappa shape index (κ2) is 18.5. The summed E-state index contributed by atoms with van der Waals surface area (Å²) in [5.74, 6) is 0.787. The molecular weight excluding hydrogens is 822 g/mol. The van der Waals surface area contributed by atoms with Crippen molar-refractivity contribution >= 4 is 44.4 Å². The van der Waals surface area contributed by atoms with Gasteiger partial charge in [-0.25, -0.2) is 19.7 Å². The molecule has 0 saturated carbocycles. The summed E-state index contributed by atoms with van der Waals surface area (Å²) in [6, 6.07) is 6.39. The Balaban J connectivity index is 1.21. The summed E-state index contributed by atoms with van der Waals surface area (Å²) in [6.07, 6.45) is -4.09. The van der Waals surface area contributed by atoms with Gasteiger partial charge in [0, 0.05) is 47.3 Å². The molecule has 0 spiro atoms. The molecule has 59 heavy (non-hydrogen) atoms. The zero-order valence-corrected chi connectivity index (χ0v) is 34.3. The van der Waals surface area contributed by atoms with Gasteiger partial charge in [-0.3, -0.25) is 23.1 Å². The van der Waals surface area contributed by atoms with Crippen LogP contribution in [0.3, 0.4) is 0 Å².